The van der Waals surface area contributed by atoms with Crippen LogP contribution >= 0.6 is 0 Å². The Bertz CT molecular complexity index is 2080. The number of hydrogen-bond acceptors (Lipinski definition) is 9. The van der Waals surface area contributed by atoms with Gasteiger partial charge in [-0.25, -0.2) is 4.68 Å². The molecule has 51 heavy (non-hydrogen) atoms. The van der Waals surface area contributed by atoms with E-state index in [1.807, 2.05) is 18.3 Å². The molecule has 250 valence electrons. The van der Waals surface area contributed by atoms with Crippen LogP contribution in [0.25, 0.3) is 0 Å². The average Bonchev–Trinajstić information content (AvgIpc) is 3.72. The van der Waals surface area contributed by atoms with Gasteiger partial charge in [0.05, 0.1) is 72.1 Å². The van der Waals surface area contributed by atoms with E-state index in [4.69, 9.17) is 30.1 Å². The summed E-state index contributed by atoms with van der Waals surface area (Å²) in [6.45, 7) is 3.68. The van der Waals surface area contributed by atoms with Crippen LogP contribution in [0.4, 0.5) is 0 Å². The Labute approximate surface area is 297 Å². The predicted molar refractivity (Wildman–Crippen MR) is 185 cm³/mol. The molecular formula is C40H28N4O7. The Morgan fingerprint density at radius 3 is 1.65 bits per heavy atom. The number of nitrogens with zero attached hydrogens (tertiary/aromatic N) is 4. The van der Waals surface area contributed by atoms with Crippen LogP contribution in [0.5, 0.6) is 5.75 Å². The summed E-state index contributed by atoms with van der Waals surface area (Å²) in [5.74, 6) is 39.5. The zero-order valence-electron chi connectivity index (χ0n) is 27.3. The van der Waals surface area contributed by atoms with Crippen molar-refractivity contribution in [1.29, 1.82) is 0 Å². The molecule has 0 saturated heterocycles. The van der Waals surface area contributed by atoms with Crippen molar-refractivity contribution >= 4 is 11.8 Å². The van der Waals surface area contributed by atoms with E-state index in [0.29, 0.717) is 64.2 Å². The lowest BCUT2D eigenvalue weighted by molar-refractivity contribution is -0.137. The molecule has 0 unspecified atom stereocenters. The Hall–Kier alpha value is -7.08. The molecule has 2 amide bonds. The molecule has 1 aliphatic heterocycles. The third-order valence-electron chi connectivity index (χ3n) is 5.75. The van der Waals surface area contributed by atoms with Crippen LogP contribution < -0.4 is 4.74 Å². The van der Waals surface area contributed by atoms with Gasteiger partial charge < -0.3 is 23.7 Å². The molecule has 3 rings (SSSR count). The maximum atomic E-state index is 11.4. The first-order valence-electron chi connectivity index (χ1n) is 15.1. The third kappa shape index (κ3) is 17.6. The first-order chi connectivity index (χ1) is 25.2. The number of carbonyl (C=O) groups excluding carboxylic acids is 2. The molecule has 0 radical (unpaired) electrons. The number of aromatic nitrogens is 3. The van der Waals surface area contributed by atoms with Crippen molar-refractivity contribution in [1.82, 2.24) is 19.9 Å². The quantitative estimate of drug-likeness (QED) is 0.137. The molecule has 0 saturated carbocycles. The topological polar surface area (TPSA) is 114 Å². The fraction of sp³-hybridized carbons (Fsp3) is 0.250. The van der Waals surface area contributed by atoms with Crippen LogP contribution in [-0.2, 0) is 41.7 Å². The number of terminal acetylenes is 1. The summed E-state index contributed by atoms with van der Waals surface area (Å²) >= 11 is 0. The van der Waals surface area contributed by atoms with E-state index in [2.05, 4.69) is 111 Å². The molecule has 0 N–H and O–H groups in total. The Morgan fingerprint density at radius 2 is 1.10 bits per heavy atom. The highest BCUT2D eigenvalue weighted by atomic mass is 16.6. The van der Waals surface area contributed by atoms with Gasteiger partial charge in [-0.1, -0.05) is 17.3 Å². The highest BCUT2D eigenvalue weighted by molar-refractivity contribution is 6.12. The van der Waals surface area contributed by atoms with E-state index in [1.54, 1.807) is 16.8 Å². The fourth-order valence-corrected chi connectivity index (χ4v) is 3.53. The van der Waals surface area contributed by atoms with Crippen molar-refractivity contribution in [3.63, 3.8) is 0 Å². The van der Waals surface area contributed by atoms with Crippen LogP contribution in [0.1, 0.15) is 11.3 Å². The maximum Gasteiger partial charge on any atom is 0.253 e. The van der Waals surface area contributed by atoms with E-state index >= 15 is 0 Å². The minimum absolute atomic E-state index is 0.223. The lowest BCUT2D eigenvalue weighted by Crippen LogP contribution is -2.33. The first-order valence-corrected chi connectivity index (χ1v) is 15.1. The van der Waals surface area contributed by atoms with Gasteiger partial charge in [-0.2, -0.15) is 0 Å². The van der Waals surface area contributed by atoms with Gasteiger partial charge in [-0.3, -0.25) is 14.5 Å². The van der Waals surface area contributed by atoms with Crippen LogP contribution in [0, 0.1) is 107 Å². The molecule has 0 spiro atoms. The highest BCUT2D eigenvalue weighted by Gasteiger charge is 2.22. The molecule has 1 aromatic heterocycles. The van der Waals surface area contributed by atoms with Gasteiger partial charge in [-0.15, -0.1) is 11.5 Å². The third-order valence-corrected chi connectivity index (χ3v) is 5.75. The molecular weight excluding hydrogens is 648 g/mol. The smallest absolute Gasteiger partial charge is 0.253 e. The molecule has 0 fully saturated rings. The van der Waals surface area contributed by atoms with E-state index in [1.165, 1.54) is 12.2 Å². The molecule has 2 heterocycles. The van der Waals surface area contributed by atoms with Crippen LogP contribution in [0.2, 0.25) is 0 Å². The molecule has 11 nitrogen and oxygen atoms in total. The van der Waals surface area contributed by atoms with Gasteiger partial charge >= 0.3 is 0 Å². The summed E-state index contributed by atoms with van der Waals surface area (Å²) in [5.41, 5.74) is 1.70. The highest BCUT2D eigenvalue weighted by Crippen LogP contribution is 2.13. The minimum atomic E-state index is -0.318. The molecule has 1 aromatic carbocycles. The van der Waals surface area contributed by atoms with Gasteiger partial charge in [0.25, 0.3) is 11.8 Å². The average molecular weight is 677 g/mol. The van der Waals surface area contributed by atoms with Crippen molar-refractivity contribution in [2.75, 3.05) is 52.8 Å². The Kier molecular flexibility index (Phi) is 18.8. The Balaban J connectivity index is 1.20. The second kappa shape index (κ2) is 25.0. The molecule has 0 atom stereocenters. The number of rotatable bonds is 17. The number of carbonyl (C=O) groups is 2. The summed E-state index contributed by atoms with van der Waals surface area (Å²) in [6.07, 6.45) is 11.8. The van der Waals surface area contributed by atoms with Crippen LogP contribution in [0.3, 0.4) is 0 Å². The van der Waals surface area contributed by atoms with Gasteiger partial charge in [0, 0.05) is 59.5 Å². The van der Waals surface area contributed by atoms with Crippen molar-refractivity contribution in [3.05, 3.63) is 53.9 Å². The minimum Gasteiger partial charge on any atom is -0.407 e. The van der Waals surface area contributed by atoms with E-state index in [9.17, 15) is 9.59 Å². The van der Waals surface area contributed by atoms with E-state index < -0.39 is 0 Å². The monoisotopic (exact) mass is 676 g/mol. The summed E-state index contributed by atoms with van der Waals surface area (Å²) < 4.78 is 29.0. The standard InChI is InChI=1S/C40H28N4O7/c1-2-3-4-5-6-7-8-9-10-11-12-13-14-15-16-17-25-51-38-20-18-36(19-21-38)33-43-34-37(41-42-43)35-50-32-31-49-30-29-48-28-27-47-26-24-44-39(45)22-23-40(44)46/h1,18-23,34H,24,26-33,35H2. The van der Waals surface area contributed by atoms with Gasteiger partial charge in [-0.05, 0) is 65.1 Å². The molecule has 11 heteroatoms. The summed E-state index contributed by atoms with van der Waals surface area (Å²) in [4.78, 5) is 24.0. The predicted octanol–water partition coefficient (Wildman–Crippen LogP) is 0.815. The largest absolute Gasteiger partial charge is 0.407 e. The lowest BCUT2D eigenvalue weighted by atomic mass is 10.2. The van der Waals surface area contributed by atoms with Crippen LogP contribution in [-0.4, -0.2) is 84.5 Å². The normalized spacial score (nSPS) is 10.1. The zero-order chi connectivity index (χ0) is 36.0. The van der Waals surface area contributed by atoms with Gasteiger partial charge in [0.2, 0.25) is 0 Å². The van der Waals surface area contributed by atoms with E-state index in [0.717, 1.165) is 10.5 Å². The SMILES string of the molecule is C#CC#CC#CC#CC#CC#CC#CC#CC#COc1ccc(Cn2cc(COCCOCCOCCOCCN3C(=O)C=CC3=O)nn2)cc1. The van der Waals surface area contributed by atoms with Crippen LogP contribution in [0.15, 0.2) is 42.6 Å². The van der Waals surface area contributed by atoms with Crippen molar-refractivity contribution in [3.8, 4) is 113 Å². The summed E-state index contributed by atoms with van der Waals surface area (Å²) in [6, 6.07) is 7.38. The number of imide groups is 1. The van der Waals surface area contributed by atoms with Crippen molar-refractivity contribution in [2.24, 2.45) is 0 Å². The summed E-state index contributed by atoms with van der Waals surface area (Å²) in [7, 11) is 0. The number of benzene rings is 1. The molecule has 0 aliphatic carbocycles. The first kappa shape index (κ1) is 38.4. The number of hydrogen-bond donors (Lipinski definition) is 0. The Morgan fingerprint density at radius 1 is 0.608 bits per heavy atom. The zero-order valence-corrected chi connectivity index (χ0v) is 27.3. The number of ether oxygens (including phenoxy) is 5. The summed E-state index contributed by atoms with van der Waals surface area (Å²) in [5, 5.41) is 8.28. The molecule has 1 aliphatic rings. The maximum absolute atomic E-state index is 11.4. The second-order valence-corrected chi connectivity index (χ2v) is 9.33. The number of amides is 2. The van der Waals surface area contributed by atoms with Crippen molar-refractivity contribution < 1.29 is 33.3 Å². The van der Waals surface area contributed by atoms with Gasteiger partial charge in [0.1, 0.15) is 17.5 Å². The second-order valence-electron chi connectivity index (χ2n) is 9.33. The lowest BCUT2D eigenvalue weighted by Gasteiger charge is -2.13. The molecule has 2 aromatic rings. The fourth-order valence-electron chi connectivity index (χ4n) is 3.53. The van der Waals surface area contributed by atoms with Crippen molar-refractivity contribution in [2.45, 2.75) is 13.2 Å². The molecule has 0 bridgehead atoms. The van der Waals surface area contributed by atoms with E-state index in [-0.39, 0.29) is 25.0 Å². The van der Waals surface area contributed by atoms with Gasteiger partial charge in [0.15, 0.2) is 0 Å².